The smallest absolute Gasteiger partial charge is 0.104 e. The van der Waals surface area contributed by atoms with Gasteiger partial charge in [0.1, 0.15) is 5.52 Å². The molecule has 1 aliphatic rings. The standard InChI is InChI=1S/C25H25N3OS/c1-17-21(19-6-3-2-4-7-19)8-5-9-22(17)27-23-16-30-24-12-18(13-26-25(23)24)14-28-11-10-20(29)15-28/h2-9,12-13,16,20,27,29H,10-11,14-15H2,1H3/t20-/m0/s1. The molecule has 30 heavy (non-hydrogen) atoms. The minimum absolute atomic E-state index is 0.186. The van der Waals surface area contributed by atoms with E-state index in [2.05, 4.69) is 71.1 Å². The number of aromatic nitrogens is 1. The minimum atomic E-state index is -0.186. The maximum absolute atomic E-state index is 9.74. The van der Waals surface area contributed by atoms with E-state index >= 15 is 0 Å². The molecular formula is C25H25N3OS. The number of rotatable bonds is 5. The Labute approximate surface area is 180 Å². The summed E-state index contributed by atoms with van der Waals surface area (Å²) in [6, 6.07) is 19.1. The molecule has 4 aromatic rings. The number of aliphatic hydroxyl groups excluding tert-OH is 1. The van der Waals surface area contributed by atoms with Crippen LogP contribution in [0, 0.1) is 6.92 Å². The van der Waals surface area contributed by atoms with Crippen LogP contribution in [0.3, 0.4) is 0 Å². The monoisotopic (exact) mass is 415 g/mol. The molecule has 0 bridgehead atoms. The average Bonchev–Trinajstić information content (AvgIpc) is 3.36. The van der Waals surface area contributed by atoms with Crippen molar-refractivity contribution >= 4 is 32.9 Å². The number of hydrogen-bond donors (Lipinski definition) is 2. The van der Waals surface area contributed by atoms with Crippen LogP contribution in [0.25, 0.3) is 21.3 Å². The third kappa shape index (κ3) is 3.84. The van der Waals surface area contributed by atoms with E-state index in [0.29, 0.717) is 0 Å². The number of nitrogens with one attached hydrogen (secondary N) is 1. The summed E-state index contributed by atoms with van der Waals surface area (Å²) in [7, 11) is 0. The van der Waals surface area contributed by atoms with Crippen LogP contribution in [-0.4, -0.2) is 34.2 Å². The van der Waals surface area contributed by atoms with Crippen molar-refractivity contribution in [3.8, 4) is 11.1 Å². The second kappa shape index (κ2) is 8.19. The highest BCUT2D eigenvalue weighted by atomic mass is 32.1. The first kappa shape index (κ1) is 19.2. The lowest BCUT2D eigenvalue weighted by atomic mass is 9.99. The molecule has 1 aliphatic heterocycles. The van der Waals surface area contributed by atoms with Crippen LogP contribution >= 0.6 is 11.3 Å². The number of pyridine rings is 1. The van der Waals surface area contributed by atoms with Gasteiger partial charge in [0, 0.05) is 36.9 Å². The summed E-state index contributed by atoms with van der Waals surface area (Å²) >= 11 is 1.72. The van der Waals surface area contributed by atoms with Gasteiger partial charge in [0.15, 0.2) is 0 Å². The van der Waals surface area contributed by atoms with E-state index < -0.39 is 0 Å². The lowest BCUT2D eigenvalue weighted by Gasteiger charge is -2.15. The molecule has 1 saturated heterocycles. The first-order chi connectivity index (χ1) is 14.7. The third-order valence-corrected chi connectivity index (χ3v) is 6.73. The molecule has 0 amide bonds. The normalized spacial score (nSPS) is 16.9. The summed E-state index contributed by atoms with van der Waals surface area (Å²) < 4.78 is 1.19. The second-order valence-corrected chi connectivity index (χ2v) is 8.90. The van der Waals surface area contributed by atoms with Crippen LogP contribution in [0.1, 0.15) is 17.5 Å². The maximum Gasteiger partial charge on any atom is 0.104 e. The highest BCUT2D eigenvalue weighted by Crippen LogP contribution is 2.35. The van der Waals surface area contributed by atoms with Gasteiger partial charge in [0.2, 0.25) is 0 Å². The molecule has 1 fully saturated rings. The maximum atomic E-state index is 9.74. The molecular weight excluding hydrogens is 390 g/mol. The van der Waals surface area contributed by atoms with Gasteiger partial charge in [-0.1, -0.05) is 42.5 Å². The van der Waals surface area contributed by atoms with Gasteiger partial charge in [-0.3, -0.25) is 9.88 Å². The quantitative estimate of drug-likeness (QED) is 0.447. The van der Waals surface area contributed by atoms with E-state index in [-0.39, 0.29) is 6.10 Å². The fourth-order valence-electron chi connectivity index (χ4n) is 4.19. The van der Waals surface area contributed by atoms with Gasteiger partial charge in [-0.2, -0.15) is 0 Å². The molecule has 5 heteroatoms. The van der Waals surface area contributed by atoms with Crippen molar-refractivity contribution in [1.82, 2.24) is 9.88 Å². The summed E-state index contributed by atoms with van der Waals surface area (Å²) in [6.07, 6.45) is 2.65. The molecule has 0 aliphatic carbocycles. The topological polar surface area (TPSA) is 48.4 Å². The van der Waals surface area contributed by atoms with Crippen LogP contribution in [-0.2, 0) is 6.54 Å². The fraction of sp³-hybridized carbons (Fsp3) is 0.240. The van der Waals surface area contributed by atoms with Crippen molar-refractivity contribution in [1.29, 1.82) is 0 Å². The summed E-state index contributed by atoms with van der Waals surface area (Å²) in [4.78, 5) is 7.06. The summed E-state index contributed by atoms with van der Waals surface area (Å²) in [5.41, 5.74) is 8.06. The Morgan fingerprint density at radius 3 is 2.80 bits per heavy atom. The highest BCUT2D eigenvalue weighted by molar-refractivity contribution is 7.17. The predicted molar refractivity (Wildman–Crippen MR) is 125 cm³/mol. The molecule has 0 unspecified atom stereocenters. The number of aliphatic hydroxyl groups is 1. The molecule has 1 atom stereocenters. The number of anilines is 2. The van der Waals surface area contributed by atoms with E-state index in [9.17, 15) is 5.11 Å². The Balaban J connectivity index is 1.40. The van der Waals surface area contributed by atoms with Crippen molar-refractivity contribution in [3.05, 3.63) is 77.3 Å². The zero-order valence-corrected chi connectivity index (χ0v) is 17.8. The Morgan fingerprint density at radius 2 is 2.00 bits per heavy atom. The van der Waals surface area contributed by atoms with Crippen LogP contribution in [0.5, 0.6) is 0 Å². The summed E-state index contributed by atoms with van der Waals surface area (Å²) in [5.74, 6) is 0. The molecule has 2 aromatic heterocycles. The number of hydrogen-bond acceptors (Lipinski definition) is 5. The predicted octanol–water partition coefficient (Wildman–Crippen LogP) is 5.58. The first-order valence-electron chi connectivity index (χ1n) is 10.4. The Bertz CT molecular complexity index is 1170. The second-order valence-electron chi connectivity index (χ2n) is 7.99. The molecule has 0 spiro atoms. The fourth-order valence-corrected chi connectivity index (χ4v) is 5.10. The van der Waals surface area contributed by atoms with Crippen molar-refractivity contribution in [3.63, 3.8) is 0 Å². The summed E-state index contributed by atoms with van der Waals surface area (Å²) in [6.45, 7) is 4.72. The lowest BCUT2D eigenvalue weighted by Crippen LogP contribution is -2.21. The van der Waals surface area contributed by atoms with Gasteiger partial charge in [-0.05, 0) is 47.7 Å². The van der Waals surface area contributed by atoms with Crippen LogP contribution in [0.15, 0.2) is 66.2 Å². The highest BCUT2D eigenvalue weighted by Gasteiger charge is 2.20. The van der Waals surface area contributed by atoms with E-state index in [1.165, 1.54) is 27.0 Å². The van der Waals surface area contributed by atoms with Gasteiger partial charge >= 0.3 is 0 Å². The number of β-amino-alcohol motifs (C(OH)–C–C–N with tert-alkyl or cyclic N) is 1. The van der Waals surface area contributed by atoms with Crippen molar-refractivity contribution in [2.24, 2.45) is 0 Å². The first-order valence-corrected chi connectivity index (χ1v) is 11.2. The lowest BCUT2D eigenvalue weighted by molar-refractivity contribution is 0.175. The molecule has 2 aromatic carbocycles. The van der Waals surface area contributed by atoms with Gasteiger partial charge < -0.3 is 10.4 Å². The minimum Gasteiger partial charge on any atom is -0.392 e. The van der Waals surface area contributed by atoms with Gasteiger partial charge in [0.05, 0.1) is 16.5 Å². The van der Waals surface area contributed by atoms with Gasteiger partial charge in [-0.15, -0.1) is 11.3 Å². The SMILES string of the molecule is Cc1c(Nc2csc3cc(CN4CC[C@H](O)C4)cnc23)cccc1-c1ccccc1. The largest absolute Gasteiger partial charge is 0.392 e. The van der Waals surface area contributed by atoms with E-state index in [1.807, 2.05) is 12.3 Å². The Kier molecular flexibility index (Phi) is 5.25. The van der Waals surface area contributed by atoms with Crippen LogP contribution < -0.4 is 5.32 Å². The number of thiophene rings is 1. The van der Waals surface area contributed by atoms with E-state index in [0.717, 1.165) is 42.9 Å². The Morgan fingerprint density at radius 1 is 1.13 bits per heavy atom. The number of fused-ring (bicyclic) bond motifs is 1. The van der Waals surface area contributed by atoms with Crippen molar-refractivity contribution in [2.45, 2.75) is 26.0 Å². The van der Waals surface area contributed by atoms with E-state index in [1.54, 1.807) is 11.3 Å². The average molecular weight is 416 g/mol. The van der Waals surface area contributed by atoms with Crippen LogP contribution in [0.2, 0.25) is 0 Å². The molecule has 4 nitrogen and oxygen atoms in total. The zero-order chi connectivity index (χ0) is 20.5. The van der Waals surface area contributed by atoms with E-state index in [4.69, 9.17) is 4.98 Å². The number of likely N-dealkylation sites (tertiary alicyclic amines) is 1. The molecule has 0 radical (unpaired) electrons. The number of nitrogens with zero attached hydrogens (tertiary/aromatic N) is 2. The Hall–Kier alpha value is -2.73. The molecule has 0 saturated carbocycles. The summed E-state index contributed by atoms with van der Waals surface area (Å²) in [5, 5.41) is 15.5. The van der Waals surface area contributed by atoms with Gasteiger partial charge in [-0.25, -0.2) is 0 Å². The molecule has 152 valence electrons. The molecule has 3 heterocycles. The van der Waals surface area contributed by atoms with Crippen LogP contribution in [0.4, 0.5) is 11.4 Å². The number of benzene rings is 2. The molecule has 2 N–H and O–H groups in total. The van der Waals surface area contributed by atoms with Crippen molar-refractivity contribution < 1.29 is 5.11 Å². The zero-order valence-electron chi connectivity index (χ0n) is 17.0. The van der Waals surface area contributed by atoms with Crippen molar-refractivity contribution in [2.75, 3.05) is 18.4 Å². The third-order valence-electron chi connectivity index (χ3n) is 5.81. The van der Waals surface area contributed by atoms with Gasteiger partial charge in [0.25, 0.3) is 0 Å². The molecule has 5 rings (SSSR count).